The lowest BCUT2D eigenvalue weighted by Crippen LogP contribution is -2.24. The Labute approximate surface area is 99.4 Å². The van der Waals surface area contributed by atoms with Crippen LogP contribution in [0.25, 0.3) is 10.9 Å². The first-order valence-corrected chi connectivity index (χ1v) is 5.52. The zero-order valence-electron chi connectivity index (χ0n) is 9.30. The Bertz CT molecular complexity index is 595. The Hall–Kier alpha value is -2.26. The van der Waals surface area contributed by atoms with Crippen molar-refractivity contribution >= 4 is 22.4 Å². The quantitative estimate of drug-likeness (QED) is 0.517. The number of nitrogens with one attached hydrogen (secondary N) is 1. The van der Waals surface area contributed by atoms with Crippen LogP contribution in [0.3, 0.4) is 0 Å². The summed E-state index contributed by atoms with van der Waals surface area (Å²) >= 11 is 0. The maximum Gasteiger partial charge on any atom is 0.125 e. The van der Waals surface area contributed by atoms with Gasteiger partial charge in [0.1, 0.15) is 5.82 Å². The van der Waals surface area contributed by atoms with Crippen LogP contribution in [-0.4, -0.2) is 4.98 Å². The highest BCUT2D eigenvalue weighted by atomic mass is 15.4. The predicted molar refractivity (Wildman–Crippen MR) is 71.1 cm³/mol. The molecule has 0 aliphatic carbocycles. The number of H-pyrrole nitrogens is 1. The molecule has 17 heavy (non-hydrogen) atoms. The minimum absolute atomic E-state index is 0.886. The fourth-order valence-corrected chi connectivity index (χ4v) is 1.92. The van der Waals surface area contributed by atoms with E-state index in [1.165, 1.54) is 0 Å². The number of hydrogen-bond acceptors (Lipinski definition) is 2. The van der Waals surface area contributed by atoms with E-state index in [0.717, 1.165) is 22.4 Å². The number of rotatable bonds is 2. The van der Waals surface area contributed by atoms with Gasteiger partial charge in [-0.25, -0.2) is 5.84 Å². The number of benzene rings is 2. The first-order chi connectivity index (χ1) is 8.34. The molecular weight excluding hydrogens is 210 g/mol. The van der Waals surface area contributed by atoms with Gasteiger partial charge in [0.05, 0.1) is 5.69 Å². The van der Waals surface area contributed by atoms with Crippen LogP contribution in [-0.2, 0) is 0 Å². The summed E-state index contributed by atoms with van der Waals surface area (Å²) in [5, 5.41) is 2.81. The second kappa shape index (κ2) is 3.96. The zero-order valence-corrected chi connectivity index (χ0v) is 9.30. The van der Waals surface area contributed by atoms with Gasteiger partial charge in [-0.05, 0) is 24.3 Å². The van der Waals surface area contributed by atoms with Crippen LogP contribution in [0.4, 0.5) is 11.5 Å². The van der Waals surface area contributed by atoms with Gasteiger partial charge in [0.2, 0.25) is 0 Å². The van der Waals surface area contributed by atoms with Crippen molar-refractivity contribution in [1.82, 2.24) is 4.98 Å². The molecule has 3 rings (SSSR count). The molecule has 84 valence electrons. The van der Waals surface area contributed by atoms with Crippen molar-refractivity contribution in [1.29, 1.82) is 0 Å². The summed E-state index contributed by atoms with van der Waals surface area (Å²) in [7, 11) is 0. The largest absolute Gasteiger partial charge is 0.340 e. The molecule has 0 radical (unpaired) electrons. The van der Waals surface area contributed by atoms with Crippen LogP contribution >= 0.6 is 0 Å². The van der Waals surface area contributed by atoms with Crippen LogP contribution in [0.5, 0.6) is 0 Å². The molecule has 0 atom stereocenters. The number of hydrogen-bond donors (Lipinski definition) is 2. The van der Waals surface area contributed by atoms with E-state index in [1.807, 2.05) is 54.6 Å². The number of hydrazine groups is 1. The molecule has 0 saturated heterocycles. The van der Waals surface area contributed by atoms with Crippen LogP contribution in [0, 0.1) is 0 Å². The molecule has 0 aliphatic rings. The molecule has 2 aromatic carbocycles. The Kier molecular flexibility index (Phi) is 2.31. The molecule has 1 aromatic heterocycles. The van der Waals surface area contributed by atoms with Crippen LogP contribution in [0.2, 0.25) is 0 Å². The number of para-hydroxylation sites is 2. The van der Waals surface area contributed by atoms with Crippen LogP contribution in [0.15, 0.2) is 60.7 Å². The fraction of sp³-hybridized carbons (Fsp3) is 0. The highest BCUT2D eigenvalue weighted by molar-refractivity contribution is 5.85. The molecule has 3 aromatic rings. The lowest BCUT2D eigenvalue weighted by Gasteiger charge is -2.16. The van der Waals surface area contributed by atoms with E-state index in [2.05, 4.69) is 11.1 Å². The highest BCUT2D eigenvalue weighted by Gasteiger charge is 2.06. The van der Waals surface area contributed by atoms with Gasteiger partial charge in [0.25, 0.3) is 0 Å². The summed E-state index contributed by atoms with van der Waals surface area (Å²) < 4.78 is 0. The molecule has 0 amide bonds. The molecule has 0 saturated carbocycles. The Morgan fingerprint density at radius 2 is 1.59 bits per heavy atom. The van der Waals surface area contributed by atoms with Crippen molar-refractivity contribution < 1.29 is 0 Å². The molecule has 0 unspecified atom stereocenters. The minimum Gasteiger partial charge on any atom is -0.340 e. The van der Waals surface area contributed by atoms with Gasteiger partial charge in [-0.3, -0.25) is 5.01 Å². The highest BCUT2D eigenvalue weighted by Crippen LogP contribution is 2.24. The van der Waals surface area contributed by atoms with Gasteiger partial charge in [-0.1, -0.05) is 36.4 Å². The van der Waals surface area contributed by atoms with Crippen molar-refractivity contribution in [3.63, 3.8) is 0 Å². The van der Waals surface area contributed by atoms with Gasteiger partial charge in [0, 0.05) is 10.9 Å². The van der Waals surface area contributed by atoms with Gasteiger partial charge in [0.15, 0.2) is 0 Å². The second-order valence-electron chi connectivity index (χ2n) is 3.95. The number of aromatic nitrogens is 1. The summed E-state index contributed by atoms with van der Waals surface area (Å²) in [6.45, 7) is 0. The first-order valence-electron chi connectivity index (χ1n) is 5.52. The van der Waals surface area contributed by atoms with Gasteiger partial charge >= 0.3 is 0 Å². The lowest BCUT2D eigenvalue weighted by molar-refractivity contribution is 1.06. The van der Waals surface area contributed by atoms with Gasteiger partial charge in [-0.2, -0.15) is 0 Å². The van der Waals surface area contributed by atoms with Crippen molar-refractivity contribution in [3.05, 3.63) is 60.7 Å². The van der Waals surface area contributed by atoms with Gasteiger partial charge in [-0.15, -0.1) is 0 Å². The summed E-state index contributed by atoms with van der Waals surface area (Å²) in [5.74, 6) is 6.97. The van der Waals surface area contributed by atoms with Gasteiger partial charge < -0.3 is 4.98 Å². The average molecular weight is 223 g/mol. The number of aromatic amines is 1. The Morgan fingerprint density at radius 1 is 0.882 bits per heavy atom. The summed E-state index contributed by atoms with van der Waals surface area (Å²) in [6, 6.07) is 20.0. The van der Waals surface area contributed by atoms with E-state index < -0.39 is 0 Å². The van der Waals surface area contributed by atoms with E-state index in [9.17, 15) is 0 Å². The number of nitrogens with two attached hydrogens (primary N) is 1. The van der Waals surface area contributed by atoms with E-state index in [-0.39, 0.29) is 0 Å². The molecule has 3 heteroatoms. The summed E-state index contributed by atoms with van der Waals surface area (Å²) in [5.41, 5.74) is 2.05. The maximum absolute atomic E-state index is 6.08. The maximum atomic E-state index is 6.08. The van der Waals surface area contributed by atoms with Crippen molar-refractivity contribution in [2.24, 2.45) is 5.84 Å². The standard InChI is InChI=1S/C14H13N3/c15-17(12-7-2-1-3-8-12)14-10-11-6-4-5-9-13(11)16-14/h1-10,16H,15H2. The average Bonchev–Trinajstić information content (AvgIpc) is 2.82. The van der Waals surface area contributed by atoms with Crippen LogP contribution < -0.4 is 10.9 Å². The summed E-state index contributed by atoms with van der Waals surface area (Å²) in [4.78, 5) is 3.29. The molecule has 0 bridgehead atoms. The smallest absolute Gasteiger partial charge is 0.125 e. The molecule has 0 spiro atoms. The van der Waals surface area contributed by atoms with E-state index in [1.54, 1.807) is 5.01 Å². The molecule has 1 heterocycles. The van der Waals surface area contributed by atoms with E-state index >= 15 is 0 Å². The fourth-order valence-electron chi connectivity index (χ4n) is 1.92. The minimum atomic E-state index is 0.886. The molecule has 0 fully saturated rings. The lowest BCUT2D eigenvalue weighted by atomic mass is 10.2. The number of anilines is 2. The number of fused-ring (bicyclic) bond motifs is 1. The Morgan fingerprint density at radius 3 is 2.35 bits per heavy atom. The second-order valence-corrected chi connectivity index (χ2v) is 3.95. The Balaban J connectivity index is 2.04. The van der Waals surface area contributed by atoms with E-state index in [0.29, 0.717) is 0 Å². The predicted octanol–water partition coefficient (Wildman–Crippen LogP) is 3.18. The normalized spacial score (nSPS) is 10.6. The van der Waals surface area contributed by atoms with Crippen LogP contribution in [0.1, 0.15) is 0 Å². The monoisotopic (exact) mass is 223 g/mol. The number of nitrogens with zero attached hydrogens (tertiary/aromatic N) is 1. The van der Waals surface area contributed by atoms with Crippen molar-refractivity contribution in [3.8, 4) is 0 Å². The van der Waals surface area contributed by atoms with Crippen molar-refractivity contribution in [2.45, 2.75) is 0 Å². The molecule has 3 nitrogen and oxygen atoms in total. The topological polar surface area (TPSA) is 45.0 Å². The molecule has 0 aliphatic heterocycles. The third-order valence-corrected chi connectivity index (χ3v) is 2.81. The third kappa shape index (κ3) is 1.77. The first kappa shape index (κ1) is 9.93. The van der Waals surface area contributed by atoms with E-state index in [4.69, 9.17) is 5.84 Å². The SMILES string of the molecule is NN(c1ccccc1)c1cc2ccccc2[nH]1. The zero-order chi connectivity index (χ0) is 11.7. The molecule has 3 N–H and O–H groups in total. The summed E-state index contributed by atoms with van der Waals surface area (Å²) in [6.07, 6.45) is 0. The third-order valence-electron chi connectivity index (χ3n) is 2.81. The van der Waals surface area contributed by atoms with Crippen molar-refractivity contribution in [2.75, 3.05) is 5.01 Å². The molecular formula is C14H13N3.